The standard InChI is InChI=1S/C11H10O6/c12-9(13)8(10(14)15)11(16)17-6-7-4-2-1-3-5-7/h1-5,8H,6H2,(H,12,13)(H,14,15). The van der Waals surface area contributed by atoms with Crippen molar-refractivity contribution in [3.63, 3.8) is 0 Å². The Labute approximate surface area is 96.4 Å². The van der Waals surface area contributed by atoms with Gasteiger partial charge in [0, 0.05) is 0 Å². The molecule has 0 spiro atoms. The maximum Gasteiger partial charge on any atom is 0.332 e. The summed E-state index contributed by atoms with van der Waals surface area (Å²) in [5.74, 6) is -6.95. The fourth-order valence-corrected chi connectivity index (χ4v) is 1.12. The zero-order valence-electron chi connectivity index (χ0n) is 8.70. The van der Waals surface area contributed by atoms with Crippen molar-refractivity contribution < 1.29 is 29.3 Å². The van der Waals surface area contributed by atoms with E-state index in [-0.39, 0.29) is 6.61 Å². The van der Waals surface area contributed by atoms with Crippen LogP contribution in [0.3, 0.4) is 0 Å². The minimum Gasteiger partial charge on any atom is -0.480 e. The Balaban J connectivity index is 2.60. The number of carbonyl (C=O) groups excluding carboxylic acids is 1. The molecule has 0 aliphatic carbocycles. The minimum atomic E-state index is -2.18. The molecule has 0 aromatic heterocycles. The van der Waals surface area contributed by atoms with Crippen molar-refractivity contribution in [2.24, 2.45) is 5.92 Å². The second-order valence-corrected chi connectivity index (χ2v) is 3.20. The first-order valence-electron chi connectivity index (χ1n) is 4.68. The lowest BCUT2D eigenvalue weighted by molar-refractivity contribution is -0.167. The van der Waals surface area contributed by atoms with Crippen LogP contribution < -0.4 is 0 Å². The van der Waals surface area contributed by atoms with Crippen LogP contribution in [0.2, 0.25) is 0 Å². The number of esters is 1. The molecule has 0 bridgehead atoms. The monoisotopic (exact) mass is 238 g/mol. The maximum absolute atomic E-state index is 11.2. The van der Waals surface area contributed by atoms with Crippen molar-refractivity contribution in [3.8, 4) is 0 Å². The molecule has 6 nitrogen and oxygen atoms in total. The lowest BCUT2D eigenvalue weighted by Gasteiger charge is -2.08. The van der Waals surface area contributed by atoms with Crippen molar-refractivity contribution >= 4 is 17.9 Å². The molecule has 2 N–H and O–H groups in total. The number of benzene rings is 1. The van der Waals surface area contributed by atoms with E-state index in [4.69, 9.17) is 10.2 Å². The van der Waals surface area contributed by atoms with Crippen LogP contribution >= 0.6 is 0 Å². The van der Waals surface area contributed by atoms with Crippen LogP contribution in [0, 0.1) is 5.92 Å². The zero-order valence-corrected chi connectivity index (χ0v) is 8.70. The van der Waals surface area contributed by atoms with Crippen LogP contribution in [-0.4, -0.2) is 28.1 Å². The number of hydrogen-bond donors (Lipinski definition) is 2. The first-order valence-corrected chi connectivity index (χ1v) is 4.68. The van der Waals surface area contributed by atoms with Gasteiger partial charge < -0.3 is 14.9 Å². The number of ether oxygens (including phenoxy) is 1. The molecular weight excluding hydrogens is 228 g/mol. The van der Waals surface area contributed by atoms with E-state index in [1.807, 2.05) is 0 Å². The highest BCUT2D eigenvalue weighted by Crippen LogP contribution is 2.06. The van der Waals surface area contributed by atoms with Crippen molar-refractivity contribution in [3.05, 3.63) is 35.9 Å². The Morgan fingerprint density at radius 3 is 2.06 bits per heavy atom. The van der Waals surface area contributed by atoms with Crippen LogP contribution in [0.5, 0.6) is 0 Å². The van der Waals surface area contributed by atoms with Crippen molar-refractivity contribution in [2.45, 2.75) is 6.61 Å². The summed E-state index contributed by atoms with van der Waals surface area (Å²) < 4.78 is 4.61. The first kappa shape index (κ1) is 12.7. The van der Waals surface area contributed by atoms with E-state index in [0.717, 1.165) is 0 Å². The highest BCUT2D eigenvalue weighted by atomic mass is 16.5. The predicted molar refractivity (Wildman–Crippen MR) is 55.0 cm³/mol. The number of carboxylic acids is 2. The summed E-state index contributed by atoms with van der Waals surface area (Å²) in [4.78, 5) is 32.2. The Morgan fingerprint density at radius 1 is 1.06 bits per heavy atom. The molecule has 1 aromatic carbocycles. The summed E-state index contributed by atoms with van der Waals surface area (Å²) in [6.07, 6.45) is 0. The lowest BCUT2D eigenvalue weighted by Crippen LogP contribution is -2.32. The Bertz CT molecular complexity index is 411. The zero-order chi connectivity index (χ0) is 12.8. The fourth-order valence-electron chi connectivity index (χ4n) is 1.12. The molecule has 0 aliphatic rings. The van der Waals surface area contributed by atoms with E-state index in [1.54, 1.807) is 30.3 Å². The van der Waals surface area contributed by atoms with Crippen molar-refractivity contribution in [1.29, 1.82) is 0 Å². The highest BCUT2D eigenvalue weighted by Gasteiger charge is 2.35. The Hall–Kier alpha value is -2.37. The van der Waals surface area contributed by atoms with E-state index in [0.29, 0.717) is 5.56 Å². The minimum absolute atomic E-state index is 0.156. The molecule has 6 heteroatoms. The van der Waals surface area contributed by atoms with E-state index in [9.17, 15) is 14.4 Å². The topological polar surface area (TPSA) is 101 Å². The van der Waals surface area contributed by atoms with Gasteiger partial charge in [-0.15, -0.1) is 0 Å². The number of hydrogen-bond acceptors (Lipinski definition) is 4. The summed E-state index contributed by atoms with van der Waals surface area (Å²) in [6, 6.07) is 8.54. The van der Waals surface area contributed by atoms with Gasteiger partial charge >= 0.3 is 17.9 Å². The highest BCUT2D eigenvalue weighted by molar-refractivity contribution is 6.11. The molecule has 17 heavy (non-hydrogen) atoms. The largest absolute Gasteiger partial charge is 0.480 e. The molecule has 1 aromatic rings. The van der Waals surface area contributed by atoms with E-state index < -0.39 is 23.8 Å². The third-order valence-electron chi connectivity index (χ3n) is 1.95. The normalized spacial score (nSPS) is 9.94. The molecule has 0 saturated heterocycles. The van der Waals surface area contributed by atoms with Crippen molar-refractivity contribution in [1.82, 2.24) is 0 Å². The van der Waals surface area contributed by atoms with Gasteiger partial charge in [-0.2, -0.15) is 0 Å². The number of rotatable bonds is 5. The van der Waals surface area contributed by atoms with Gasteiger partial charge in [0.25, 0.3) is 0 Å². The average molecular weight is 238 g/mol. The number of aliphatic carboxylic acids is 2. The third kappa shape index (κ3) is 3.60. The molecule has 0 saturated carbocycles. The first-order chi connectivity index (χ1) is 8.02. The van der Waals surface area contributed by atoms with Crippen molar-refractivity contribution in [2.75, 3.05) is 0 Å². The molecule has 0 aliphatic heterocycles. The average Bonchev–Trinajstić information content (AvgIpc) is 2.27. The SMILES string of the molecule is O=C(O)C(C(=O)O)C(=O)OCc1ccccc1. The smallest absolute Gasteiger partial charge is 0.332 e. The molecule has 0 amide bonds. The van der Waals surface area contributed by atoms with Gasteiger partial charge in [0.1, 0.15) is 6.61 Å². The molecule has 0 unspecified atom stereocenters. The van der Waals surface area contributed by atoms with Gasteiger partial charge in [-0.1, -0.05) is 30.3 Å². The molecule has 0 heterocycles. The molecular formula is C11H10O6. The van der Waals surface area contributed by atoms with Crippen LogP contribution in [0.15, 0.2) is 30.3 Å². The van der Waals surface area contributed by atoms with Gasteiger partial charge in [-0.3, -0.25) is 14.4 Å². The van der Waals surface area contributed by atoms with Gasteiger partial charge in [-0.25, -0.2) is 0 Å². The lowest BCUT2D eigenvalue weighted by atomic mass is 10.1. The van der Waals surface area contributed by atoms with Gasteiger partial charge in [-0.05, 0) is 5.56 Å². The van der Waals surface area contributed by atoms with Gasteiger partial charge in [0.15, 0.2) is 0 Å². The van der Waals surface area contributed by atoms with Crippen LogP contribution in [-0.2, 0) is 25.7 Å². The number of carbonyl (C=O) groups is 3. The summed E-state index contributed by atoms with van der Waals surface area (Å²) in [7, 11) is 0. The van der Waals surface area contributed by atoms with Crippen LogP contribution in [0.1, 0.15) is 5.56 Å². The van der Waals surface area contributed by atoms with Gasteiger partial charge in [0.05, 0.1) is 0 Å². The summed E-state index contributed by atoms with van der Waals surface area (Å²) in [6.45, 7) is -0.156. The molecule has 0 fully saturated rings. The van der Waals surface area contributed by atoms with E-state index >= 15 is 0 Å². The molecule has 0 radical (unpaired) electrons. The summed E-state index contributed by atoms with van der Waals surface area (Å²) in [5, 5.41) is 17.1. The quantitative estimate of drug-likeness (QED) is 0.572. The molecule has 1 rings (SSSR count). The maximum atomic E-state index is 11.2. The van der Waals surface area contributed by atoms with Gasteiger partial charge in [0.2, 0.25) is 5.92 Å². The third-order valence-corrected chi connectivity index (χ3v) is 1.95. The van der Waals surface area contributed by atoms with Crippen LogP contribution in [0.25, 0.3) is 0 Å². The molecule has 90 valence electrons. The summed E-state index contributed by atoms with van der Waals surface area (Å²) in [5.41, 5.74) is 0.648. The number of carboxylic acid groups (broad SMARTS) is 2. The second kappa shape index (κ2) is 5.64. The Kier molecular flexibility index (Phi) is 4.21. The second-order valence-electron chi connectivity index (χ2n) is 3.20. The molecule has 0 atom stereocenters. The van der Waals surface area contributed by atoms with E-state index in [1.165, 1.54) is 0 Å². The summed E-state index contributed by atoms with van der Waals surface area (Å²) >= 11 is 0. The van der Waals surface area contributed by atoms with E-state index in [2.05, 4.69) is 4.74 Å². The predicted octanol–water partition coefficient (Wildman–Crippen LogP) is 0.515. The Morgan fingerprint density at radius 2 is 1.59 bits per heavy atom. The van der Waals surface area contributed by atoms with Crippen LogP contribution in [0.4, 0.5) is 0 Å². The fraction of sp³-hybridized carbons (Fsp3) is 0.182.